The summed E-state index contributed by atoms with van der Waals surface area (Å²) in [5.41, 5.74) is -1.18. The summed E-state index contributed by atoms with van der Waals surface area (Å²) in [5, 5.41) is 38.3. The normalized spacial score (nSPS) is 15.9. The van der Waals surface area contributed by atoms with Crippen molar-refractivity contribution < 1.29 is 25.2 Å². The Balaban J connectivity index is 3.97. The number of carbonyl (C=O) groups is 1. The summed E-state index contributed by atoms with van der Waals surface area (Å²) in [6.07, 6.45) is 6.38. The average molecular weight is 342 g/mol. The number of carboxylic acid groups (broad SMARTS) is 1. The van der Waals surface area contributed by atoms with Gasteiger partial charge in [-0.25, -0.2) is 0 Å². The minimum atomic E-state index is -1.18. The van der Waals surface area contributed by atoms with Gasteiger partial charge in [-0.3, -0.25) is 4.79 Å². The van der Waals surface area contributed by atoms with Gasteiger partial charge in [0.15, 0.2) is 0 Å². The molecule has 0 bridgehead atoms. The van der Waals surface area contributed by atoms with E-state index in [9.17, 15) is 20.1 Å². The van der Waals surface area contributed by atoms with Gasteiger partial charge in [0, 0.05) is 6.42 Å². The zero-order chi connectivity index (χ0) is 18.4. The van der Waals surface area contributed by atoms with Gasteiger partial charge < -0.3 is 20.4 Å². The first-order valence-corrected chi connectivity index (χ1v) is 9.11. The maximum absolute atomic E-state index is 10.4. The van der Waals surface area contributed by atoms with Crippen LogP contribution in [0.15, 0.2) is 0 Å². The first-order valence-electron chi connectivity index (χ1n) is 9.11. The second kappa shape index (κ2) is 13.2. The lowest BCUT2D eigenvalue weighted by Gasteiger charge is -2.17. The molecule has 0 aliphatic rings. The highest BCUT2D eigenvalue weighted by molar-refractivity contribution is 5.66. The molecular formula is C19H34O5. The summed E-state index contributed by atoms with van der Waals surface area (Å²) >= 11 is 0. The van der Waals surface area contributed by atoms with Crippen molar-refractivity contribution in [1.29, 1.82) is 0 Å². The second-order valence-electron chi connectivity index (χ2n) is 6.71. The number of aliphatic hydroxyl groups is 3. The van der Waals surface area contributed by atoms with Crippen LogP contribution in [-0.2, 0) is 4.79 Å². The molecular weight excluding hydrogens is 308 g/mol. The van der Waals surface area contributed by atoms with Gasteiger partial charge in [-0.2, -0.15) is 0 Å². The summed E-state index contributed by atoms with van der Waals surface area (Å²) < 4.78 is 0. The molecule has 0 heterocycles. The molecule has 0 fully saturated rings. The predicted molar refractivity (Wildman–Crippen MR) is 94.5 cm³/mol. The number of rotatable bonds is 13. The second-order valence-corrected chi connectivity index (χ2v) is 6.71. The van der Waals surface area contributed by atoms with E-state index in [1.807, 2.05) is 0 Å². The molecule has 0 spiro atoms. The van der Waals surface area contributed by atoms with Crippen molar-refractivity contribution in [1.82, 2.24) is 0 Å². The van der Waals surface area contributed by atoms with Gasteiger partial charge in [-0.1, -0.05) is 57.3 Å². The number of hydrogen-bond acceptors (Lipinski definition) is 4. The molecule has 0 aliphatic carbocycles. The maximum atomic E-state index is 10.4. The SMILES string of the molecule is CCCCCC(O)C(O)C#CC(C)(O)CCCCCCCC(=O)O. The van der Waals surface area contributed by atoms with Gasteiger partial charge in [0.1, 0.15) is 11.7 Å². The van der Waals surface area contributed by atoms with Crippen LogP contribution in [0.2, 0.25) is 0 Å². The fraction of sp³-hybridized carbons (Fsp3) is 0.842. The van der Waals surface area contributed by atoms with Crippen molar-refractivity contribution >= 4 is 5.97 Å². The molecule has 0 amide bonds. The lowest BCUT2D eigenvalue weighted by Crippen LogP contribution is -2.26. The first kappa shape index (κ1) is 22.9. The van der Waals surface area contributed by atoms with Crippen LogP contribution in [0.4, 0.5) is 0 Å². The van der Waals surface area contributed by atoms with Gasteiger partial charge in [0.05, 0.1) is 6.10 Å². The predicted octanol–water partition coefficient (Wildman–Crippen LogP) is 2.86. The lowest BCUT2D eigenvalue weighted by molar-refractivity contribution is -0.137. The minimum Gasteiger partial charge on any atom is -0.481 e. The van der Waals surface area contributed by atoms with E-state index in [1.165, 1.54) is 0 Å². The highest BCUT2D eigenvalue weighted by Crippen LogP contribution is 2.15. The molecule has 0 radical (unpaired) electrons. The van der Waals surface area contributed by atoms with Gasteiger partial charge >= 0.3 is 5.97 Å². The Morgan fingerprint density at radius 3 is 2.29 bits per heavy atom. The molecule has 0 aromatic carbocycles. The lowest BCUT2D eigenvalue weighted by atomic mass is 9.97. The zero-order valence-corrected chi connectivity index (χ0v) is 15.1. The Bertz CT molecular complexity index is 394. The molecule has 5 heteroatoms. The van der Waals surface area contributed by atoms with E-state index in [4.69, 9.17) is 5.11 Å². The largest absolute Gasteiger partial charge is 0.481 e. The van der Waals surface area contributed by atoms with Crippen LogP contribution in [0.3, 0.4) is 0 Å². The van der Waals surface area contributed by atoms with Gasteiger partial charge in [0.2, 0.25) is 0 Å². The van der Waals surface area contributed by atoms with Crippen molar-refractivity contribution in [2.75, 3.05) is 0 Å². The number of unbranched alkanes of at least 4 members (excludes halogenated alkanes) is 6. The molecule has 0 saturated heterocycles. The van der Waals surface area contributed by atoms with Gasteiger partial charge in [-0.15, -0.1) is 0 Å². The third-order valence-corrected chi connectivity index (χ3v) is 4.01. The maximum Gasteiger partial charge on any atom is 0.303 e. The van der Waals surface area contributed by atoms with Crippen LogP contribution in [0.5, 0.6) is 0 Å². The highest BCUT2D eigenvalue weighted by atomic mass is 16.4. The number of aliphatic hydroxyl groups excluding tert-OH is 2. The average Bonchev–Trinajstić information content (AvgIpc) is 2.51. The van der Waals surface area contributed by atoms with Crippen molar-refractivity contribution in [2.24, 2.45) is 0 Å². The Labute approximate surface area is 146 Å². The fourth-order valence-electron chi connectivity index (χ4n) is 2.43. The molecule has 0 rings (SSSR count). The molecule has 24 heavy (non-hydrogen) atoms. The van der Waals surface area contributed by atoms with Crippen LogP contribution in [-0.4, -0.2) is 44.2 Å². The molecule has 3 unspecified atom stereocenters. The van der Waals surface area contributed by atoms with Crippen molar-refractivity contribution in [2.45, 2.75) is 102 Å². The van der Waals surface area contributed by atoms with Crippen LogP contribution in [0.25, 0.3) is 0 Å². The Morgan fingerprint density at radius 1 is 1.04 bits per heavy atom. The Hall–Kier alpha value is -1.09. The zero-order valence-electron chi connectivity index (χ0n) is 15.1. The summed E-state index contributed by atoms with van der Waals surface area (Å²) in [7, 11) is 0. The topological polar surface area (TPSA) is 98.0 Å². The van der Waals surface area contributed by atoms with E-state index < -0.39 is 23.8 Å². The third-order valence-electron chi connectivity index (χ3n) is 4.01. The third kappa shape index (κ3) is 13.4. The summed E-state index contributed by atoms with van der Waals surface area (Å²) in [6, 6.07) is 0. The van der Waals surface area contributed by atoms with Gasteiger partial charge in [0.25, 0.3) is 0 Å². The number of aliphatic carboxylic acids is 1. The van der Waals surface area contributed by atoms with Crippen LogP contribution in [0, 0.1) is 11.8 Å². The summed E-state index contributed by atoms with van der Waals surface area (Å²) in [4.78, 5) is 10.4. The molecule has 3 atom stereocenters. The molecule has 0 saturated carbocycles. The first-order chi connectivity index (χ1) is 11.3. The quantitative estimate of drug-likeness (QED) is 0.305. The van der Waals surface area contributed by atoms with E-state index in [0.717, 1.165) is 44.9 Å². The van der Waals surface area contributed by atoms with E-state index in [-0.39, 0.29) is 6.42 Å². The van der Waals surface area contributed by atoms with Crippen molar-refractivity contribution in [3.8, 4) is 11.8 Å². The molecule has 5 nitrogen and oxygen atoms in total. The van der Waals surface area contributed by atoms with Crippen LogP contribution in [0.1, 0.15) is 84.5 Å². The molecule has 140 valence electrons. The van der Waals surface area contributed by atoms with Crippen LogP contribution < -0.4 is 0 Å². The number of carboxylic acids is 1. The van der Waals surface area contributed by atoms with E-state index in [2.05, 4.69) is 18.8 Å². The van der Waals surface area contributed by atoms with Crippen molar-refractivity contribution in [3.05, 3.63) is 0 Å². The smallest absolute Gasteiger partial charge is 0.303 e. The van der Waals surface area contributed by atoms with Crippen LogP contribution >= 0.6 is 0 Å². The van der Waals surface area contributed by atoms with Crippen molar-refractivity contribution in [3.63, 3.8) is 0 Å². The highest BCUT2D eigenvalue weighted by Gasteiger charge is 2.18. The number of hydrogen-bond donors (Lipinski definition) is 4. The monoisotopic (exact) mass is 342 g/mol. The van der Waals surface area contributed by atoms with Gasteiger partial charge in [-0.05, 0) is 32.6 Å². The van der Waals surface area contributed by atoms with E-state index >= 15 is 0 Å². The minimum absolute atomic E-state index is 0.210. The standard InChI is InChI=1S/C19H34O5/c1-3-4-8-11-16(20)17(21)13-15-19(2,24)14-10-7-5-6-9-12-18(22)23/h16-17,20-21,24H,3-12,14H2,1-2H3,(H,22,23). The molecule has 4 N–H and O–H groups in total. The fourth-order valence-corrected chi connectivity index (χ4v) is 2.43. The molecule has 0 aromatic rings. The van der Waals surface area contributed by atoms with E-state index in [0.29, 0.717) is 19.3 Å². The van der Waals surface area contributed by atoms with E-state index in [1.54, 1.807) is 6.92 Å². The molecule has 0 aliphatic heterocycles. The summed E-state index contributed by atoms with van der Waals surface area (Å²) in [6.45, 7) is 3.69. The summed E-state index contributed by atoms with van der Waals surface area (Å²) in [5.74, 6) is 4.47. The Morgan fingerprint density at radius 2 is 1.67 bits per heavy atom. The Kier molecular flexibility index (Phi) is 12.6. The molecule has 0 aromatic heterocycles.